The molecular weight excluding hydrogens is 454 g/mol. The van der Waals surface area contributed by atoms with Crippen molar-refractivity contribution in [2.24, 2.45) is 0 Å². The topological polar surface area (TPSA) is 114 Å². The molecule has 3 aromatic rings. The van der Waals surface area contributed by atoms with Gasteiger partial charge in [-0.3, -0.25) is 24.6 Å². The molecule has 8 nitrogen and oxygen atoms in total. The van der Waals surface area contributed by atoms with Crippen molar-refractivity contribution < 1.29 is 19.6 Å². The van der Waals surface area contributed by atoms with Gasteiger partial charge in [-0.2, -0.15) is 0 Å². The Balaban J connectivity index is 1.93. The number of halogens is 1. The fraction of sp³-hybridized carbons (Fsp3) is 0.136. The minimum absolute atomic E-state index is 0.128. The van der Waals surface area contributed by atoms with Gasteiger partial charge in [-0.15, -0.1) is 11.3 Å². The van der Waals surface area contributed by atoms with Crippen molar-refractivity contribution in [2.45, 2.75) is 19.9 Å². The lowest BCUT2D eigenvalue weighted by atomic mass is 9.95. The van der Waals surface area contributed by atoms with Crippen LogP contribution in [0.2, 0.25) is 5.02 Å². The Hall–Kier alpha value is -3.56. The number of anilines is 1. The summed E-state index contributed by atoms with van der Waals surface area (Å²) >= 11 is 7.17. The van der Waals surface area contributed by atoms with Crippen LogP contribution in [0, 0.1) is 24.0 Å². The number of non-ortho nitro benzene ring substituents is 1. The molecule has 1 unspecified atom stereocenters. The molecule has 32 heavy (non-hydrogen) atoms. The average Bonchev–Trinajstić information content (AvgIpc) is 3.23. The van der Waals surface area contributed by atoms with E-state index in [1.807, 2.05) is 6.92 Å². The van der Waals surface area contributed by atoms with Crippen LogP contribution in [0.1, 0.15) is 27.7 Å². The normalized spacial score (nSPS) is 17.7. The lowest BCUT2D eigenvalue weighted by molar-refractivity contribution is -0.384. The molecule has 4 rings (SSSR count). The molecule has 0 saturated carbocycles. The lowest BCUT2D eigenvalue weighted by Gasteiger charge is -2.23. The van der Waals surface area contributed by atoms with Gasteiger partial charge in [-0.05, 0) is 55.8 Å². The van der Waals surface area contributed by atoms with Gasteiger partial charge in [0.05, 0.1) is 22.2 Å². The second-order valence-corrected chi connectivity index (χ2v) is 8.78. The summed E-state index contributed by atoms with van der Waals surface area (Å²) in [5, 5.41) is 22.8. The van der Waals surface area contributed by atoms with E-state index >= 15 is 0 Å². The molecule has 0 aliphatic carbocycles. The predicted molar refractivity (Wildman–Crippen MR) is 121 cm³/mol. The Morgan fingerprint density at radius 2 is 1.75 bits per heavy atom. The molecule has 1 aliphatic rings. The molecule has 1 aromatic heterocycles. The Labute approximate surface area is 191 Å². The van der Waals surface area contributed by atoms with Crippen LogP contribution < -0.4 is 4.90 Å². The third-order valence-electron chi connectivity index (χ3n) is 5.21. The summed E-state index contributed by atoms with van der Waals surface area (Å²) in [6, 6.07) is 10.7. The molecule has 0 radical (unpaired) electrons. The number of nitrogens with zero attached hydrogens (tertiary/aromatic N) is 3. The highest BCUT2D eigenvalue weighted by atomic mass is 35.5. The number of thiazole rings is 1. The van der Waals surface area contributed by atoms with Crippen molar-refractivity contribution >= 4 is 51.2 Å². The number of Topliss-reactive ketones (excluding diaryl/α,β-unsaturated/α-hetero) is 1. The summed E-state index contributed by atoms with van der Waals surface area (Å²) in [5.74, 6) is -2.07. The third-order valence-corrected chi connectivity index (χ3v) is 6.53. The van der Waals surface area contributed by atoms with E-state index in [2.05, 4.69) is 4.98 Å². The number of benzene rings is 2. The van der Waals surface area contributed by atoms with Gasteiger partial charge < -0.3 is 5.11 Å². The van der Waals surface area contributed by atoms with Gasteiger partial charge in [0.25, 0.3) is 11.5 Å². The number of carbonyl (C=O) groups is 2. The number of aryl methyl sites for hydroxylation is 2. The van der Waals surface area contributed by atoms with E-state index in [9.17, 15) is 24.8 Å². The number of nitro benzene ring substituents is 1. The van der Waals surface area contributed by atoms with Crippen LogP contribution in [-0.2, 0) is 9.59 Å². The second kappa shape index (κ2) is 8.18. The number of aliphatic hydroxyl groups is 1. The summed E-state index contributed by atoms with van der Waals surface area (Å²) in [7, 11) is 0. The quantitative estimate of drug-likeness (QED) is 0.190. The summed E-state index contributed by atoms with van der Waals surface area (Å²) < 4.78 is 0. The molecular formula is C22H16ClN3O5S. The lowest BCUT2D eigenvalue weighted by Crippen LogP contribution is -2.29. The van der Waals surface area contributed by atoms with Crippen LogP contribution in [0.3, 0.4) is 0 Å². The first kappa shape index (κ1) is 21.7. The van der Waals surface area contributed by atoms with E-state index in [0.29, 0.717) is 27.0 Å². The van der Waals surface area contributed by atoms with E-state index < -0.39 is 22.7 Å². The third kappa shape index (κ3) is 3.65. The Kier molecular flexibility index (Phi) is 5.53. The number of nitro groups is 1. The molecule has 1 atom stereocenters. The largest absolute Gasteiger partial charge is 0.507 e. The molecule has 2 heterocycles. The van der Waals surface area contributed by atoms with Crippen LogP contribution in [-0.4, -0.2) is 26.7 Å². The average molecular weight is 470 g/mol. The van der Waals surface area contributed by atoms with Gasteiger partial charge in [0, 0.05) is 27.6 Å². The first-order valence-electron chi connectivity index (χ1n) is 9.44. The number of amides is 1. The van der Waals surface area contributed by atoms with E-state index in [1.165, 1.54) is 52.6 Å². The number of ketones is 1. The fourth-order valence-electron chi connectivity index (χ4n) is 3.45. The number of rotatable bonds is 4. The molecule has 0 bridgehead atoms. The Morgan fingerprint density at radius 1 is 1.12 bits per heavy atom. The zero-order valence-corrected chi connectivity index (χ0v) is 18.5. The SMILES string of the molecule is Cc1nc(N2C(=O)C(=O)/C(=C(/O)c3ccc(Cl)cc3)C2c2ccc([N+](=O)[O-])cc2)sc1C. The maximum absolute atomic E-state index is 13.1. The smallest absolute Gasteiger partial charge is 0.301 e. The van der Waals surface area contributed by atoms with Crippen LogP contribution in [0.5, 0.6) is 0 Å². The summed E-state index contributed by atoms with van der Waals surface area (Å²) in [4.78, 5) is 43.2. The first-order valence-corrected chi connectivity index (χ1v) is 10.6. The van der Waals surface area contributed by atoms with Crippen LogP contribution in [0.25, 0.3) is 5.76 Å². The maximum atomic E-state index is 13.1. The monoisotopic (exact) mass is 469 g/mol. The molecule has 1 fully saturated rings. The van der Waals surface area contributed by atoms with Gasteiger partial charge in [0.2, 0.25) is 0 Å². The number of aliphatic hydroxyl groups excluding tert-OH is 1. The van der Waals surface area contributed by atoms with Crippen molar-refractivity contribution in [2.75, 3.05) is 4.90 Å². The van der Waals surface area contributed by atoms with E-state index in [0.717, 1.165) is 4.88 Å². The van der Waals surface area contributed by atoms with Gasteiger partial charge in [-0.1, -0.05) is 11.6 Å². The maximum Gasteiger partial charge on any atom is 0.301 e. The highest BCUT2D eigenvalue weighted by Gasteiger charge is 2.48. The van der Waals surface area contributed by atoms with E-state index in [1.54, 1.807) is 19.1 Å². The highest BCUT2D eigenvalue weighted by Crippen LogP contribution is 2.44. The van der Waals surface area contributed by atoms with Gasteiger partial charge in [0.15, 0.2) is 5.13 Å². The minimum Gasteiger partial charge on any atom is -0.507 e. The summed E-state index contributed by atoms with van der Waals surface area (Å²) in [6.45, 7) is 3.64. The number of carbonyl (C=O) groups excluding carboxylic acids is 2. The van der Waals surface area contributed by atoms with Crippen LogP contribution >= 0.6 is 22.9 Å². The molecule has 162 valence electrons. The molecule has 1 N–H and O–H groups in total. The molecule has 2 aromatic carbocycles. The highest BCUT2D eigenvalue weighted by molar-refractivity contribution is 7.16. The molecule has 1 aliphatic heterocycles. The number of hydrogen-bond acceptors (Lipinski definition) is 7. The van der Waals surface area contributed by atoms with Crippen molar-refractivity contribution in [1.82, 2.24) is 4.98 Å². The fourth-order valence-corrected chi connectivity index (χ4v) is 4.51. The minimum atomic E-state index is -1.00. The molecule has 0 spiro atoms. The number of aromatic nitrogens is 1. The summed E-state index contributed by atoms with van der Waals surface area (Å²) in [6.07, 6.45) is 0. The van der Waals surface area contributed by atoms with Crippen LogP contribution in [0.15, 0.2) is 54.1 Å². The van der Waals surface area contributed by atoms with Crippen LogP contribution in [0.4, 0.5) is 10.8 Å². The zero-order valence-electron chi connectivity index (χ0n) is 16.9. The van der Waals surface area contributed by atoms with Gasteiger partial charge >= 0.3 is 5.91 Å². The molecule has 1 saturated heterocycles. The standard InChI is InChI=1S/C22H16ClN3O5S/c1-11-12(2)32-22(24-11)25-18(13-5-9-16(10-6-13)26(30)31)17(20(28)21(25)29)19(27)14-3-7-15(23)8-4-14/h3-10,18,27H,1-2H3/b19-17+. The van der Waals surface area contributed by atoms with Crippen molar-refractivity contribution in [3.8, 4) is 0 Å². The van der Waals surface area contributed by atoms with Gasteiger partial charge in [0.1, 0.15) is 5.76 Å². The Bertz CT molecular complexity index is 1260. The van der Waals surface area contributed by atoms with Crippen molar-refractivity contribution in [3.05, 3.63) is 90.9 Å². The van der Waals surface area contributed by atoms with E-state index in [4.69, 9.17) is 11.6 Å². The first-order chi connectivity index (χ1) is 15.2. The second-order valence-electron chi connectivity index (χ2n) is 7.16. The van der Waals surface area contributed by atoms with E-state index in [-0.39, 0.29) is 17.0 Å². The molecule has 1 amide bonds. The Morgan fingerprint density at radius 3 is 2.28 bits per heavy atom. The van der Waals surface area contributed by atoms with Crippen molar-refractivity contribution in [1.29, 1.82) is 0 Å². The zero-order chi connectivity index (χ0) is 23.2. The predicted octanol–water partition coefficient (Wildman–Crippen LogP) is 4.95. The molecule has 10 heteroatoms. The summed E-state index contributed by atoms with van der Waals surface area (Å²) in [5.41, 5.74) is 1.19. The number of hydrogen-bond donors (Lipinski definition) is 1. The van der Waals surface area contributed by atoms with Gasteiger partial charge in [-0.25, -0.2) is 4.98 Å². The van der Waals surface area contributed by atoms with Crippen molar-refractivity contribution in [3.63, 3.8) is 0 Å².